The maximum Gasteiger partial charge on any atom is 0.115 e. The Morgan fingerprint density at radius 3 is 1.00 bits per heavy atom. The summed E-state index contributed by atoms with van der Waals surface area (Å²) in [7, 11) is 0. The fourth-order valence-electron chi connectivity index (χ4n) is 8.74. The number of phenols is 2. The van der Waals surface area contributed by atoms with Gasteiger partial charge in [-0.15, -0.1) is 90.7 Å². The van der Waals surface area contributed by atoms with Gasteiger partial charge in [-0.05, 0) is 110 Å². The molecule has 0 amide bonds. The molecule has 0 atom stereocenters. The van der Waals surface area contributed by atoms with Gasteiger partial charge in [-0.3, -0.25) is 0 Å². The zero-order chi connectivity index (χ0) is 39.7. The molecular formula is C48H26N2O2S8. The van der Waals surface area contributed by atoms with E-state index >= 15 is 0 Å². The second-order valence-electron chi connectivity index (χ2n) is 15.3. The summed E-state index contributed by atoms with van der Waals surface area (Å²) in [5.74, 6) is 0.586. The lowest BCUT2D eigenvalue weighted by Gasteiger charge is -2.08. The van der Waals surface area contributed by atoms with E-state index in [1.165, 1.54) is 120 Å². The Morgan fingerprint density at radius 2 is 0.650 bits per heavy atom. The molecule has 14 rings (SSSR count). The highest BCUT2D eigenvalue weighted by molar-refractivity contribution is 7.46. The van der Waals surface area contributed by atoms with E-state index in [0.717, 1.165) is 11.1 Å². The molecule has 4 nitrogen and oxygen atoms in total. The number of fused-ring (bicyclic) bond motifs is 17. The van der Waals surface area contributed by atoms with E-state index in [1.807, 2.05) is 115 Å². The minimum atomic E-state index is 0.293. The van der Waals surface area contributed by atoms with Crippen LogP contribution in [0.15, 0.2) is 109 Å². The third kappa shape index (κ3) is 4.68. The maximum absolute atomic E-state index is 9.94. The molecule has 0 spiro atoms. The predicted molar refractivity (Wildman–Crippen MR) is 269 cm³/mol. The van der Waals surface area contributed by atoms with Crippen molar-refractivity contribution in [2.75, 3.05) is 0 Å². The van der Waals surface area contributed by atoms with Crippen molar-refractivity contribution in [2.24, 2.45) is 0 Å². The SMILES string of the molecule is Cc1ccc(-n2c3c4sc5cc(-c6ccc(O)cc6)sc5c4sc3c3sc4c(sc5c6sc7c8sc(-c9ccc(O)cc9)cc8sc7c6n(-c6ccc(C)cc6)c54)c32)cc1. The van der Waals surface area contributed by atoms with Crippen LogP contribution in [0.1, 0.15) is 11.1 Å². The van der Waals surface area contributed by atoms with Crippen molar-refractivity contribution in [3.05, 3.63) is 120 Å². The molecule has 0 fully saturated rings. The molecule has 0 aliphatic heterocycles. The molecule has 0 saturated heterocycles. The van der Waals surface area contributed by atoms with E-state index < -0.39 is 0 Å². The molecular weight excluding hydrogens is 893 g/mol. The van der Waals surface area contributed by atoms with Gasteiger partial charge >= 0.3 is 0 Å². The van der Waals surface area contributed by atoms with Crippen LogP contribution < -0.4 is 0 Å². The van der Waals surface area contributed by atoms with Crippen LogP contribution in [-0.2, 0) is 0 Å². The van der Waals surface area contributed by atoms with E-state index in [1.54, 1.807) is 24.3 Å². The van der Waals surface area contributed by atoms with E-state index in [-0.39, 0.29) is 0 Å². The molecule has 4 aromatic carbocycles. The Labute approximate surface area is 372 Å². The predicted octanol–water partition coefficient (Wildman–Crippen LogP) is 17.5. The second kappa shape index (κ2) is 12.3. The van der Waals surface area contributed by atoms with Gasteiger partial charge in [0.25, 0.3) is 0 Å². The first-order valence-electron chi connectivity index (χ1n) is 19.2. The first kappa shape index (κ1) is 34.7. The summed E-state index contributed by atoms with van der Waals surface area (Å²) >= 11 is 15.4. The minimum absolute atomic E-state index is 0.293. The summed E-state index contributed by atoms with van der Waals surface area (Å²) in [6, 6.07) is 38.0. The summed E-state index contributed by atoms with van der Waals surface area (Å²) < 4.78 is 24.2. The fourth-order valence-corrected chi connectivity index (χ4v) is 20.3. The molecule has 12 heteroatoms. The number of hydrogen-bond donors (Lipinski definition) is 2. The molecule has 0 aliphatic rings. The van der Waals surface area contributed by atoms with E-state index in [4.69, 9.17) is 0 Å². The Hall–Kier alpha value is -5.02. The summed E-state index contributed by atoms with van der Waals surface area (Å²) in [4.78, 5) is 2.47. The van der Waals surface area contributed by atoms with Crippen LogP contribution in [0.4, 0.5) is 0 Å². The third-order valence-electron chi connectivity index (χ3n) is 11.6. The van der Waals surface area contributed by atoms with Gasteiger partial charge in [-0.25, -0.2) is 0 Å². The van der Waals surface area contributed by atoms with Crippen molar-refractivity contribution < 1.29 is 10.2 Å². The van der Waals surface area contributed by atoms with Crippen LogP contribution in [0, 0.1) is 13.8 Å². The Kier molecular flexibility index (Phi) is 7.11. The highest BCUT2D eigenvalue weighted by atomic mass is 32.1. The molecule has 0 saturated carbocycles. The lowest BCUT2D eigenvalue weighted by molar-refractivity contribution is 0.475. The molecule has 0 bridgehead atoms. The van der Waals surface area contributed by atoms with Crippen LogP contribution in [-0.4, -0.2) is 19.3 Å². The van der Waals surface area contributed by atoms with Gasteiger partial charge in [0.2, 0.25) is 0 Å². The molecule has 0 aliphatic carbocycles. The molecule has 288 valence electrons. The number of nitrogens with zero attached hydrogens (tertiary/aromatic N) is 2. The van der Waals surface area contributed by atoms with Crippen molar-refractivity contribution in [2.45, 2.75) is 13.8 Å². The van der Waals surface area contributed by atoms with Gasteiger partial charge in [0.05, 0.1) is 78.5 Å². The van der Waals surface area contributed by atoms with Crippen molar-refractivity contribution >= 4 is 179 Å². The Morgan fingerprint density at radius 1 is 0.333 bits per heavy atom. The smallest absolute Gasteiger partial charge is 0.115 e. The molecule has 10 aromatic heterocycles. The summed E-state index contributed by atoms with van der Waals surface area (Å²) in [6.45, 7) is 4.33. The van der Waals surface area contributed by atoms with Crippen LogP contribution in [0.3, 0.4) is 0 Å². The average Bonchev–Trinajstić information content (AvgIpc) is 4.10. The maximum atomic E-state index is 9.94. The Balaban J connectivity index is 1.06. The number of aromatic nitrogens is 2. The largest absolute Gasteiger partial charge is 0.508 e. The normalized spacial score (nSPS) is 12.6. The van der Waals surface area contributed by atoms with E-state index in [2.05, 4.69) is 83.6 Å². The zero-order valence-electron chi connectivity index (χ0n) is 31.4. The summed E-state index contributed by atoms with van der Waals surface area (Å²) in [6.07, 6.45) is 0. The third-order valence-corrected chi connectivity index (χ3v) is 22.3. The van der Waals surface area contributed by atoms with Gasteiger partial charge in [-0.1, -0.05) is 35.4 Å². The topological polar surface area (TPSA) is 50.3 Å². The van der Waals surface area contributed by atoms with Crippen LogP contribution in [0.5, 0.6) is 11.5 Å². The van der Waals surface area contributed by atoms with E-state index in [0.29, 0.717) is 11.5 Å². The highest BCUT2D eigenvalue weighted by Gasteiger charge is 2.31. The van der Waals surface area contributed by atoms with Crippen molar-refractivity contribution in [1.82, 2.24) is 9.13 Å². The van der Waals surface area contributed by atoms with Gasteiger partial charge in [0.15, 0.2) is 0 Å². The Bertz CT molecular complexity index is 3810. The quantitative estimate of drug-likeness (QED) is 0.185. The van der Waals surface area contributed by atoms with Crippen molar-refractivity contribution in [3.63, 3.8) is 0 Å². The van der Waals surface area contributed by atoms with Crippen LogP contribution in [0.2, 0.25) is 0 Å². The molecule has 2 N–H and O–H groups in total. The number of thiophene rings is 8. The molecule has 10 heterocycles. The van der Waals surface area contributed by atoms with Gasteiger partial charge < -0.3 is 19.3 Å². The first-order chi connectivity index (χ1) is 29.3. The van der Waals surface area contributed by atoms with Crippen LogP contribution in [0.25, 0.3) is 120 Å². The van der Waals surface area contributed by atoms with Gasteiger partial charge in [0.1, 0.15) is 11.5 Å². The standard InChI is InChI=1S/C48H26N2O2S8/c1-21-3-11-25(12-4-21)49-33-39-40(58-41(33)43-35(49)45-47(59-43)37-31(55-45)19-29(53-37)23-7-15-27(51)16-8-23)34-42(57-39)44-36(50(34)26-13-5-22(2)6-14-26)46-48(60-44)38-32(56-46)20-30(54-38)24-9-17-28(52)18-10-24/h3-20,51-52H,1-2H3. The molecule has 60 heavy (non-hydrogen) atoms. The van der Waals surface area contributed by atoms with Gasteiger partial charge in [-0.2, -0.15) is 0 Å². The number of hydrogen-bond acceptors (Lipinski definition) is 10. The fraction of sp³-hybridized carbons (Fsp3) is 0.0417. The van der Waals surface area contributed by atoms with Crippen molar-refractivity contribution in [1.29, 1.82) is 0 Å². The minimum Gasteiger partial charge on any atom is -0.508 e. The summed E-state index contributed by atoms with van der Waals surface area (Å²) in [5.41, 5.74) is 12.5. The number of phenolic OH excluding ortho intramolecular Hbond substituents is 2. The zero-order valence-corrected chi connectivity index (χ0v) is 38.0. The average molecular weight is 919 g/mol. The van der Waals surface area contributed by atoms with E-state index in [9.17, 15) is 10.2 Å². The van der Waals surface area contributed by atoms with Gasteiger partial charge in [0, 0.05) is 30.5 Å². The first-order valence-corrected chi connectivity index (χ1v) is 25.8. The lowest BCUT2D eigenvalue weighted by atomic mass is 10.2. The van der Waals surface area contributed by atoms with Crippen molar-refractivity contribution in [3.8, 4) is 43.8 Å². The lowest BCUT2D eigenvalue weighted by Crippen LogP contribution is -1.93. The second-order valence-corrected chi connectivity index (χ2v) is 23.6. The number of benzene rings is 4. The summed E-state index contributed by atoms with van der Waals surface area (Å²) in [5, 5.41) is 19.9. The van der Waals surface area contributed by atoms with Crippen LogP contribution >= 0.6 is 90.7 Å². The number of aryl methyl sites for hydroxylation is 2. The number of aromatic hydroxyl groups is 2. The molecule has 0 unspecified atom stereocenters. The molecule has 0 radical (unpaired) electrons. The number of rotatable bonds is 4. The highest BCUT2D eigenvalue weighted by Crippen LogP contribution is 2.59. The monoisotopic (exact) mass is 918 g/mol. The molecule has 14 aromatic rings.